The summed E-state index contributed by atoms with van der Waals surface area (Å²) in [5, 5.41) is 4.87. The van der Waals surface area contributed by atoms with Crippen LogP contribution < -0.4 is 4.74 Å². The SMILES string of the molecule is COc1cnc(-n2ccc(C)n2)c2[nH]cc(C(=O)C(=O)N3CCN(C(=O)c4ccccc4)[C@H](C)C3)c12. The average Bonchev–Trinajstić information content (AvgIpc) is 3.54. The van der Waals surface area contributed by atoms with Crippen LogP contribution in [0, 0.1) is 6.92 Å². The number of ketones is 1. The van der Waals surface area contributed by atoms with Crippen LogP contribution >= 0.6 is 0 Å². The first-order valence-electron chi connectivity index (χ1n) is 11.7. The minimum atomic E-state index is -0.650. The number of aromatic nitrogens is 4. The van der Waals surface area contributed by atoms with Crippen LogP contribution in [0.3, 0.4) is 0 Å². The molecule has 2 amide bonds. The fourth-order valence-corrected chi connectivity index (χ4v) is 4.59. The van der Waals surface area contributed by atoms with Crippen LogP contribution in [-0.2, 0) is 4.79 Å². The Labute approximate surface area is 207 Å². The topological polar surface area (TPSA) is 113 Å². The summed E-state index contributed by atoms with van der Waals surface area (Å²) < 4.78 is 7.07. The van der Waals surface area contributed by atoms with Crippen molar-refractivity contribution in [2.75, 3.05) is 26.7 Å². The maximum absolute atomic E-state index is 13.4. The van der Waals surface area contributed by atoms with Gasteiger partial charge in [-0.15, -0.1) is 0 Å². The number of hydrogen-bond acceptors (Lipinski definition) is 6. The molecule has 0 aliphatic carbocycles. The predicted octanol–water partition coefficient (Wildman–Crippen LogP) is 2.62. The lowest BCUT2D eigenvalue weighted by molar-refractivity contribution is -0.128. The largest absolute Gasteiger partial charge is 0.494 e. The highest BCUT2D eigenvalue weighted by molar-refractivity contribution is 6.45. The van der Waals surface area contributed by atoms with E-state index in [-0.39, 0.29) is 30.6 Å². The minimum absolute atomic E-state index is 0.0863. The number of H-pyrrole nitrogens is 1. The second kappa shape index (κ2) is 9.29. The number of methoxy groups -OCH3 is 1. The van der Waals surface area contributed by atoms with E-state index >= 15 is 0 Å². The molecule has 0 saturated carbocycles. The first-order chi connectivity index (χ1) is 17.4. The molecule has 1 aromatic carbocycles. The Balaban J connectivity index is 1.39. The lowest BCUT2D eigenvalue weighted by atomic mass is 10.1. The molecule has 1 atom stereocenters. The van der Waals surface area contributed by atoms with Crippen molar-refractivity contribution in [1.29, 1.82) is 0 Å². The number of Topliss-reactive ketones (excluding diaryl/α,β-unsaturated/α-hetero) is 1. The van der Waals surface area contributed by atoms with Crippen molar-refractivity contribution in [2.24, 2.45) is 0 Å². The molecule has 3 aromatic heterocycles. The molecule has 36 heavy (non-hydrogen) atoms. The first-order valence-corrected chi connectivity index (χ1v) is 11.7. The average molecular weight is 487 g/mol. The Morgan fingerprint density at radius 1 is 1.11 bits per heavy atom. The van der Waals surface area contributed by atoms with Gasteiger partial charge in [0.05, 0.1) is 35.5 Å². The van der Waals surface area contributed by atoms with Gasteiger partial charge in [-0.1, -0.05) is 18.2 Å². The second-order valence-electron chi connectivity index (χ2n) is 8.80. The lowest BCUT2D eigenvalue weighted by Crippen LogP contribution is -2.56. The van der Waals surface area contributed by atoms with Crippen molar-refractivity contribution < 1.29 is 19.1 Å². The van der Waals surface area contributed by atoms with Crippen molar-refractivity contribution >= 4 is 28.5 Å². The maximum atomic E-state index is 13.4. The molecule has 0 spiro atoms. The standard InChI is InChI=1S/C26H26N6O4/c1-16-9-10-32(29-16)24-22-21(20(36-3)14-28-24)19(13-27-22)23(33)26(35)30-11-12-31(17(2)15-30)25(34)18-7-5-4-6-8-18/h4-10,13-14,17,27H,11-12,15H2,1-3H3/t17-/m1/s1. The number of rotatable bonds is 5. The highest BCUT2D eigenvalue weighted by Crippen LogP contribution is 2.32. The molecule has 1 saturated heterocycles. The van der Waals surface area contributed by atoms with Crippen LogP contribution in [0.5, 0.6) is 5.75 Å². The number of hydrogen-bond donors (Lipinski definition) is 1. The van der Waals surface area contributed by atoms with Crippen molar-refractivity contribution in [3.05, 3.63) is 71.8 Å². The molecular formula is C26H26N6O4. The summed E-state index contributed by atoms with van der Waals surface area (Å²) in [5.41, 5.74) is 2.16. The van der Waals surface area contributed by atoms with E-state index in [9.17, 15) is 14.4 Å². The van der Waals surface area contributed by atoms with Crippen molar-refractivity contribution in [3.8, 4) is 11.6 Å². The lowest BCUT2D eigenvalue weighted by Gasteiger charge is -2.39. The van der Waals surface area contributed by atoms with Gasteiger partial charge in [0.25, 0.3) is 17.6 Å². The number of piperazine rings is 1. The third-order valence-electron chi connectivity index (χ3n) is 6.45. The van der Waals surface area contributed by atoms with Gasteiger partial charge in [0.1, 0.15) is 5.75 Å². The molecule has 4 heterocycles. The zero-order valence-corrected chi connectivity index (χ0v) is 20.3. The molecule has 0 bridgehead atoms. The van der Waals surface area contributed by atoms with Gasteiger partial charge < -0.3 is 19.5 Å². The monoisotopic (exact) mass is 486 g/mol. The number of nitrogens with zero attached hydrogens (tertiary/aromatic N) is 5. The molecule has 10 nitrogen and oxygen atoms in total. The molecule has 1 aliphatic heterocycles. The van der Waals surface area contributed by atoms with Gasteiger partial charge in [-0.25, -0.2) is 9.67 Å². The summed E-state index contributed by atoms with van der Waals surface area (Å²) in [5.74, 6) is -0.487. The van der Waals surface area contributed by atoms with Gasteiger partial charge in [-0.05, 0) is 32.0 Å². The molecule has 1 aliphatic rings. The molecule has 0 unspecified atom stereocenters. The molecule has 184 valence electrons. The van der Waals surface area contributed by atoms with Crippen molar-refractivity contribution in [1.82, 2.24) is 29.5 Å². The fraction of sp³-hybridized carbons (Fsp3) is 0.269. The summed E-state index contributed by atoms with van der Waals surface area (Å²) in [6.07, 6.45) is 4.79. The van der Waals surface area contributed by atoms with E-state index in [0.717, 1.165) is 5.69 Å². The number of aromatic amines is 1. The van der Waals surface area contributed by atoms with E-state index in [4.69, 9.17) is 4.74 Å². The first kappa shape index (κ1) is 23.3. The van der Waals surface area contributed by atoms with Crippen LogP contribution in [0.4, 0.5) is 0 Å². The number of ether oxygens (including phenoxy) is 1. The van der Waals surface area contributed by atoms with Crippen LogP contribution in [-0.4, -0.2) is 79.9 Å². The Kier molecular flexibility index (Phi) is 6.01. The molecule has 10 heteroatoms. The van der Waals surface area contributed by atoms with E-state index < -0.39 is 11.7 Å². The molecule has 5 rings (SSSR count). The normalized spacial score (nSPS) is 15.8. The third-order valence-corrected chi connectivity index (χ3v) is 6.45. The molecular weight excluding hydrogens is 460 g/mol. The summed E-state index contributed by atoms with van der Waals surface area (Å²) in [7, 11) is 1.49. The molecule has 1 fully saturated rings. The summed E-state index contributed by atoms with van der Waals surface area (Å²) in [4.78, 5) is 50.3. The predicted molar refractivity (Wildman–Crippen MR) is 132 cm³/mol. The van der Waals surface area contributed by atoms with Gasteiger partial charge in [0.2, 0.25) is 0 Å². The van der Waals surface area contributed by atoms with Crippen molar-refractivity contribution in [2.45, 2.75) is 19.9 Å². The van der Waals surface area contributed by atoms with Gasteiger partial charge in [-0.3, -0.25) is 14.4 Å². The molecule has 4 aromatic rings. The number of carbonyl (C=O) groups excluding carboxylic acids is 3. The van der Waals surface area contributed by atoms with Crippen LogP contribution in [0.1, 0.15) is 33.3 Å². The maximum Gasteiger partial charge on any atom is 0.295 e. The second-order valence-corrected chi connectivity index (χ2v) is 8.80. The number of nitrogens with one attached hydrogen (secondary N) is 1. The molecule has 0 radical (unpaired) electrons. The van der Waals surface area contributed by atoms with E-state index in [1.54, 1.807) is 27.9 Å². The smallest absolute Gasteiger partial charge is 0.295 e. The summed E-state index contributed by atoms with van der Waals surface area (Å²) in [6, 6.07) is 10.7. The summed E-state index contributed by atoms with van der Waals surface area (Å²) in [6.45, 7) is 4.63. The molecule has 1 N–H and O–H groups in total. The van der Waals surface area contributed by atoms with E-state index in [1.807, 2.05) is 38.1 Å². The number of aryl methyl sites for hydroxylation is 1. The number of pyridine rings is 1. The van der Waals surface area contributed by atoms with Gasteiger partial charge in [0.15, 0.2) is 5.82 Å². The highest BCUT2D eigenvalue weighted by Gasteiger charge is 2.34. The Morgan fingerprint density at radius 2 is 1.89 bits per heavy atom. The van der Waals surface area contributed by atoms with Crippen molar-refractivity contribution in [3.63, 3.8) is 0 Å². The number of benzene rings is 1. The Bertz CT molecular complexity index is 1460. The highest BCUT2D eigenvalue weighted by atomic mass is 16.5. The van der Waals surface area contributed by atoms with Crippen LogP contribution in [0.25, 0.3) is 16.7 Å². The Morgan fingerprint density at radius 3 is 2.56 bits per heavy atom. The van der Waals surface area contributed by atoms with E-state index in [0.29, 0.717) is 34.6 Å². The quantitative estimate of drug-likeness (QED) is 0.343. The van der Waals surface area contributed by atoms with E-state index in [2.05, 4.69) is 15.1 Å². The van der Waals surface area contributed by atoms with Gasteiger partial charge >= 0.3 is 0 Å². The minimum Gasteiger partial charge on any atom is -0.494 e. The summed E-state index contributed by atoms with van der Waals surface area (Å²) >= 11 is 0. The number of amides is 2. The zero-order chi connectivity index (χ0) is 25.4. The van der Waals surface area contributed by atoms with Gasteiger partial charge in [-0.2, -0.15) is 5.10 Å². The number of carbonyl (C=O) groups is 3. The Hall–Kier alpha value is -4.47. The van der Waals surface area contributed by atoms with Crippen LogP contribution in [0.2, 0.25) is 0 Å². The fourth-order valence-electron chi connectivity index (χ4n) is 4.59. The van der Waals surface area contributed by atoms with Gasteiger partial charge in [0, 0.05) is 43.6 Å². The van der Waals surface area contributed by atoms with Crippen LogP contribution in [0.15, 0.2) is 55.0 Å². The van der Waals surface area contributed by atoms with E-state index in [1.165, 1.54) is 24.4 Å². The zero-order valence-electron chi connectivity index (χ0n) is 20.3. The number of fused-ring (bicyclic) bond motifs is 1. The third kappa shape index (κ3) is 4.00.